The Bertz CT molecular complexity index is 835. The smallest absolute Gasteiger partial charge is 0.316 e. The fraction of sp³-hybridized carbons (Fsp3) is 0.333. The minimum atomic E-state index is -0.754. The summed E-state index contributed by atoms with van der Waals surface area (Å²) >= 11 is 0. The van der Waals surface area contributed by atoms with Crippen molar-refractivity contribution < 1.29 is 14.4 Å². The second kappa shape index (κ2) is 7.90. The minimum Gasteiger partial charge on any atom is -0.327 e. The van der Waals surface area contributed by atoms with E-state index in [9.17, 15) is 14.4 Å². The van der Waals surface area contributed by atoms with Gasteiger partial charge in [-0.05, 0) is 25.5 Å². The van der Waals surface area contributed by atoms with E-state index in [-0.39, 0.29) is 11.8 Å². The van der Waals surface area contributed by atoms with Gasteiger partial charge >= 0.3 is 6.03 Å². The Morgan fingerprint density at radius 3 is 2.67 bits per heavy atom. The van der Waals surface area contributed by atoms with Gasteiger partial charge in [-0.3, -0.25) is 14.3 Å². The van der Waals surface area contributed by atoms with E-state index >= 15 is 0 Å². The first-order chi connectivity index (χ1) is 12.9. The fourth-order valence-corrected chi connectivity index (χ4v) is 2.85. The van der Waals surface area contributed by atoms with E-state index in [1.807, 2.05) is 6.07 Å². The van der Waals surface area contributed by atoms with Crippen molar-refractivity contribution in [1.29, 1.82) is 0 Å². The van der Waals surface area contributed by atoms with Crippen LogP contribution in [-0.4, -0.2) is 46.3 Å². The lowest BCUT2D eigenvalue weighted by Crippen LogP contribution is -2.51. The molecule has 0 saturated carbocycles. The zero-order valence-electron chi connectivity index (χ0n) is 15.2. The summed E-state index contributed by atoms with van der Waals surface area (Å²) in [6.45, 7) is 2.08. The summed E-state index contributed by atoms with van der Waals surface area (Å²) < 4.78 is 1.61. The molecule has 0 spiro atoms. The number of rotatable bonds is 5. The van der Waals surface area contributed by atoms with E-state index in [1.165, 1.54) is 0 Å². The Balaban J connectivity index is 1.50. The molecule has 1 saturated heterocycles. The molecule has 1 fully saturated rings. The Hall–Kier alpha value is -3.36. The summed E-state index contributed by atoms with van der Waals surface area (Å²) in [6.07, 6.45) is 3.85. The van der Waals surface area contributed by atoms with Crippen molar-refractivity contribution in [3.05, 3.63) is 42.7 Å². The van der Waals surface area contributed by atoms with E-state index in [2.05, 4.69) is 21.0 Å². The van der Waals surface area contributed by atoms with E-state index in [0.29, 0.717) is 24.3 Å². The molecule has 3 rings (SSSR count). The van der Waals surface area contributed by atoms with Crippen LogP contribution in [0.25, 0.3) is 0 Å². The van der Waals surface area contributed by atoms with Crippen molar-refractivity contribution >= 4 is 29.2 Å². The van der Waals surface area contributed by atoms with Crippen LogP contribution in [0.5, 0.6) is 0 Å². The number of hydrogen-bond acceptors (Lipinski definition) is 4. The average molecular weight is 370 g/mol. The summed E-state index contributed by atoms with van der Waals surface area (Å²) in [5.74, 6) is -0.536. The third-order valence-corrected chi connectivity index (χ3v) is 4.30. The Labute approximate surface area is 156 Å². The number of carbonyl (C=O) groups excluding carboxylic acids is 3. The van der Waals surface area contributed by atoms with Crippen molar-refractivity contribution in [1.82, 2.24) is 20.4 Å². The van der Waals surface area contributed by atoms with Crippen LogP contribution in [0.4, 0.5) is 16.2 Å². The zero-order chi connectivity index (χ0) is 19.4. The molecule has 0 radical (unpaired) electrons. The van der Waals surface area contributed by atoms with Crippen LogP contribution in [0.2, 0.25) is 0 Å². The van der Waals surface area contributed by atoms with Gasteiger partial charge < -0.3 is 20.9 Å². The van der Waals surface area contributed by atoms with Crippen molar-refractivity contribution in [3.63, 3.8) is 0 Å². The number of anilines is 2. The van der Waals surface area contributed by atoms with Gasteiger partial charge in [0, 0.05) is 25.5 Å². The van der Waals surface area contributed by atoms with Crippen LogP contribution < -0.4 is 20.9 Å². The third kappa shape index (κ3) is 4.43. The highest BCUT2D eigenvalue weighted by molar-refractivity contribution is 6.01. The lowest BCUT2D eigenvalue weighted by Gasteiger charge is -2.18. The lowest BCUT2D eigenvalue weighted by molar-refractivity contribution is -0.118. The van der Waals surface area contributed by atoms with E-state index < -0.39 is 18.1 Å². The molecule has 2 heterocycles. The molecule has 4 amide bonds. The van der Waals surface area contributed by atoms with E-state index in [1.54, 1.807) is 60.2 Å². The first-order valence-electron chi connectivity index (χ1n) is 8.67. The van der Waals surface area contributed by atoms with Crippen LogP contribution in [-0.2, 0) is 16.6 Å². The quantitative estimate of drug-likeness (QED) is 0.725. The van der Waals surface area contributed by atoms with Gasteiger partial charge in [0.05, 0.1) is 11.9 Å². The maximum Gasteiger partial charge on any atom is 0.316 e. The lowest BCUT2D eigenvalue weighted by atomic mass is 10.2. The number of carbonyl (C=O) groups is 3. The van der Waals surface area contributed by atoms with E-state index in [0.717, 1.165) is 0 Å². The summed E-state index contributed by atoms with van der Waals surface area (Å²) in [6, 6.07) is 7.03. The van der Waals surface area contributed by atoms with Crippen molar-refractivity contribution in [3.8, 4) is 0 Å². The SMILES string of the molecule is CC(NC(=O)NC1CCN(c2cnn(C)c2)C1=O)C(=O)Nc1ccccc1. The zero-order valence-corrected chi connectivity index (χ0v) is 15.2. The topological polar surface area (TPSA) is 108 Å². The van der Waals surface area contributed by atoms with E-state index in [4.69, 9.17) is 0 Å². The minimum absolute atomic E-state index is 0.195. The van der Waals surface area contributed by atoms with Crippen LogP contribution in [0.15, 0.2) is 42.7 Å². The maximum absolute atomic E-state index is 12.5. The monoisotopic (exact) mass is 370 g/mol. The first-order valence-corrected chi connectivity index (χ1v) is 8.67. The predicted molar refractivity (Wildman–Crippen MR) is 100 cm³/mol. The molecule has 3 N–H and O–H groups in total. The van der Waals surface area contributed by atoms with Gasteiger partial charge in [0.2, 0.25) is 11.8 Å². The van der Waals surface area contributed by atoms with Gasteiger partial charge in [-0.25, -0.2) is 4.79 Å². The molecule has 142 valence electrons. The van der Waals surface area contributed by atoms with Crippen LogP contribution in [0.1, 0.15) is 13.3 Å². The molecule has 2 aromatic rings. The standard InChI is InChI=1S/C18H22N6O3/c1-12(16(25)21-13-6-4-3-5-7-13)20-18(27)22-15-8-9-24(17(15)26)14-10-19-23(2)11-14/h3-7,10-12,15H,8-9H2,1-2H3,(H,21,25)(H2,20,22,27). The number of nitrogens with zero attached hydrogens (tertiary/aromatic N) is 3. The van der Waals surface area contributed by atoms with Crippen molar-refractivity contribution in [2.45, 2.75) is 25.4 Å². The molecular formula is C18H22N6O3. The number of aryl methyl sites for hydroxylation is 1. The number of aromatic nitrogens is 2. The van der Waals surface area contributed by atoms with Crippen molar-refractivity contribution in [2.75, 3.05) is 16.8 Å². The highest BCUT2D eigenvalue weighted by Crippen LogP contribution is 2.20. The molecule has 2 unspecified atom stereocenters. The van der Waals surface area contributed by atoms with Gasteiger partial charge in [0.1, 0.15) is 12.1 Å². The number of benzene rings is 1. The molecule has 9 heteroatoms. The molecule has 9 nitrogen and oxygen atoms in total. The highest BCUT2D eigenvalue weighted by Gasteiger charge is 2.34. The highest BCUT2D eigenvalue weighted by atomic mass is 16.2. The number of amides is 4. The number of urea groups is 1. The molecule has 1 aliphatic rings. The molecule has 27 heavy (non-hydrogen) atoms. The predicted octanol–water partition coefficient (Wildman–Crippen LogP) is 0.852. The van der Waals surface area contributed by atoms with Gasteiger partial charge in [0.15, 0.2) is 0 Å². The van der Waals surface area contributed by atoms with Crippen molar-refractivity contribution in [2.24, 2.45) is 7.05 Å². The summed E-state index contributed by atoms with van der Waals surface area (Å²) in [5, 5.41) is 12.0. The Morgan fingerprint density at radius 2 is 2.00 bits per heavy atom. The Kier molecular flexibility index (Phi) is 5.39. The van der Waals surface area contributed by atoms with Gasteiger partial charge in [-0.15, -0.1) is 0 Å². The fourth-order valence-electron chi connectivity index (χ4n) is 2.85. The Morgan fingerprint density at radius 1 is 1.26 bits per heavy atom. The van der Waals surface area contributed by atoms with Crippen LogP contribution >= 0.6 is 0 Å². The first kappa shape index (κ1) is 18.4. The molecule has 1 aromatic carbocycles. The molecule has 1 aromatic heterocycles. The van der Waals surface area contributed by atoms with Gasteiger partial charge in [-0.2, -0.15) is 5.10 Å². The second-order valence-corrected chi connectivity index (χ2v) is 6.40. The number of hydrogen-bond donors (Lipinski definition) is 3. The van der Waals surface area contributed by atoms with Crippen LogP contribution in [0, 0.1) is 0 Å². The number of para-hydroxylation sites is 1. The third-order valence-electron chi connectivity index (χ3n) is 4.30. The normalized spacial score (nSPS) is 17.5. The van der Waals surface area contributed by atoms with Crippen LogP contribution in [0.3, 0.4) is 0 Å². The second-order valence-electron chi connectivity index (χ2n) is 6.40. The van der Waals surface area contributed by atoms with Gasteiger partial charge in [0.25, 0.3) is 0 Å². The molecule has 0 bridgehead atoms. The summed E-state index contributed by atoms with van der Waals surface area (Å²) in [4.78, 5) is 38.4. The summed E-state index contributed by atoms with van der Waals surface area (Å²) in [5.41, 5.74) is 1.34. The molecular weight excluding hydrogens is 348 g/mol. The molecule has 2 atom stereocenters. The largest absolute Gasteiger partial charge is 0.327 e. The maximum atomic E-state index is 12.5. The molecule has 0 aliphatic carbocycles. The molecule has 1 aliphatic heterocycles. The number of nitrogens with one attached hydrogen (secondary N) is 3. The summed E-state index contributed by atoms with van der Waals surface area (Å²) in [7, 11) is 1.77. The average Bonchev–Trinajstić information content (AvgIpc) is 3.22. The van der Waals surface area contributed by atoms with Gasteiger partial charge in [-0.1, -0.05) is 18.2 Å².